The van der Waals surface area contributed by atoms with Gasteiger partial charge in [-0.05, 0) is 36.5 Å². The Balaban J connectivity index is 0. The average molecular weight is 203 g/mol. The number of rotatable bonds is 2. The topological polar surface area (TPSA) is 49.7 Å². The van der Waals surface area contributed by atoms with Crippen LogP contribution in [-0.2, 0) is 0 Å². The molecule has 1 aromatic rings. The van der Waals surface area contributed by atoms with Gasteiger partial charge in [-0.1, -0.05) is 0 Å². The number of carboxylic acid groups (broad SMARTS) is 1. The maximum Gasteiger partial charge on any atom is 1.00 e. The van der Waals surface area contributed by atoms with Crippen molar-refractivity contribution in [1.29, 1.82) is 0 Å². The summed E-state index contributed by atoms with van der Waals surface area (Å²) in [7, 11) is 0. The van der Waals surface area contributed by atoms with Crippen LogP contribution in [0.3, 0.4) is 0 Å². The number of isothiocyanates is 1. The third-order valence-corrected chi connectivity index (χ3v) is 1.38. The molecule has 13 heavy (non-hydrogen) atoms. The van der Waals surface area contributed by atoms with Crippen LogP contribution in [-0.4, -0.2) is 16.2 Å². The van der Waals surface area contributed by atoms with Gasteiger partial charge in [0.05, 0.1) is 16.4 Å². The fraction of sp³-hybridized carbons (Fsp3) is 0. The van der Waals surface area contributed by atoms with Crippen molar-refractivity contribution in [1.82, 2.24) is 0 Å². The molecule has 0 aliphatic rings. The summed E-state index contributed by atoms with van der Waals surface area (Å²) in [5.41, 5.74) is 0.841. The van der Waals surface area contributed by atoms with E-state index in [1.165, 1.54) is 12.1 Å². The molecule has 0 aliphatic heterocycles. The fourth-order valence-electron chi connectivity index (χ4n) is 0.731. The van der Waals surface area contributed by atoms with Crippen molar-refractivity contribution in [2.45, 2.75) is 0 Å². The van der Waals surface area contributed by atoms with E-state index in [0.29, 0.717) is 5.69 Å². The first-order valence-electron chi connectivity index (χ1n) is 3.15. The van der Waals surface area contributed by atoms with Gasteiger partial charge in [-0.2, -0.15) is 4.99 Å². The molecule has 0 saturated heterocycles. The molecule has 5 heteroatoms. The first kappa shape index (κ1) is 12.5. The SMILES string of the molecule is O=C(O)c1ccc(N=C=S)cc1.[H-].[Na+]. The number of carboxylic acids is 1. The summed E-state index contributed by atoms with van der Waals surface area (Å²) in [5, 5.41) is 10.7. The van der Waals surface area contributed by atoms with Crippen molar-refractivity contribution in [3.63, 3.8) is 0 Å². The van der Waals surface area contributed by atoms with Gasteiger partial charge >= 0.3 is 35.5 Å². The van der Waals surface area contributed by atoms with Crippen LogP contribution in [0.2, 0.25) is 0 Å². The number of carbonyl (C=O) groups is 1. The van der Waals surface area contributed by atoms with E-state index < -0.39 is 5.97 Å². The normalized spacial score (nSPS) is 8.00. The number of nitrogens with zero attached hydrogens (tertiary/aromatic N) is 1. The van der Waals surface area contributed by atoms with Gasteiger partial charge < -0.3 is 6.53 Å². The van der Waals surface area contributed by atoms with Gasteiger partial charge in [-0.15, -0.1) is 0 Å². The molecule has 0 spiro atoms. The van der Waals surface area contributed by atoms with Crippen LogP contribution in [0.25, 0.3) is 0 Å². The average Bonchev–Trinajstić information content (AvgIpc) is 2.06. The summed E-state index contributed by atoms with van der Waals surface area (Å²) in [6.45, 7) is 0. The monoisotopic (exact) mass is 203 g/mol. The molecule has 0 radical (unpaired) electrons. The van der Waals surface area contributed by atoms with Gasteiger partial charge in [0.1, 0.15) is 0 Å². The number of thiocarbonyl (C=S) groups is 1. The molecule has 0 heterocycles. The van der Waals surface area contributed by atoms with E-state index in [4.69, 9.17) is 5.11 Å². The van der Waals surface area contributed by atoms with E-state index in [1.807, 2.05) is 0 Å². The van der Waals surface area contributed by atoms with Crippen LogP contribution in [0.4, 0.5) is 5.69 Å². The predicted molar refractivity (Wildman–Crippen MR) is 49.2 cm³/mol. The Morgan fingerprint density at radius 1 is 1.46 bits per heavy atom. The molecule has 1 N–H and O–H groups in total. The molecule has 0 aliphatic carbocycles. The zero-order valence-corrected chi connectivity index (χ0v) is 9.84. The molecule has 1 rings (SSSR count). The molecule has 0 fully saturated rings. The van der Waals surface area contributed by atoms with Crippen LogP contribution in [0, 0.1) is 0 Å². The molecule has 3 nitrogen and oxygen atoms in total. The maximum atomic E-state index is 10.4. The third kappa shape index (κ3) is 3.81. The number of benzene rings is 1. The second-order valence-electron chi connectivity index (χ2n) is 2.06. The molecule has 0 unspecified atom stereocenters. The minimum absolute atomic E-state index is 0. The molecule has 0 amide bonds. The second kappa shape index (κ2) is 6.02. The van der Waals surface area contributed by atoms with E-state index in [0.717, 1.165) is 0 Å². The Labute approximate surface area is 104 Å². The van der Waals surface area contributed by atoms with Crippen molar-refractivity contribution in [2.75, 3.05) is 0 Å². The zero-order valence-electron chi connectivity index (χ0n) is 8.02. The van der Waals surface area contributed by atoms with E-state index in [-0.39, 0.29) is 36.5 Å². The Kier molecular flexibility index (Phi) is 5.79. The maximum absolute atomic E-state index is 10.4. The first-order chi connectivity index (χ1) is 5.74. The Bertz CT molecular complexity index is 328. The van der Waals surface area contributed by atoms with Crippen molar-refractivity contribution >= 4 is 29.0 Å². The second-order valence-corrected chi connectivity index (χ2v) is 2.24. The Morgan fingerprint density at radius 3 is 2.38 bits per heavy atom. The van der Waals surface area contributed by atoms with Crippen molar-refractivity contribution in [2.24, 2.45) is 4.99 Å². The summed E-state index contributed by atoms with van der Waals surface area (Å²) in [6, 6.07) is 6.08. The molecule has 0 saturated carbocycles. The minimum Gasteiger partial charge on any atom is -1.00 e. The van der Waals surface area contributed by atoms with E-state index in [1.54, 1.807) is 12.1 Å². The quantitative estimate of drug-likeness (QED) is 0.390. The van der Waals surface area contributed by atoms with Crippen molar-refractivity contribution < 1.29 is 40.9 Å². The third-order valence-electron chi connectivity index (χ3n) is 1.29. The van der Waals surface area contributed by atoms with Gasteiger partial charge in [-0.3, -0.25) is 0 Å². The summed E-state index contributed by atoms with van der Waals surface area (Å²) < 4.78 is 0. The van der Waals surface area contributed by atoms with Crippen LogP contribution < -0.4 is 29.6 Å². The summed E-state index contributed by atoms with van der Waals surface area (Å²) in [4.78, 5) is 14.1. The number of hydrogen-bond donors (Lipinski definition) is 1. The molecular weight excluding hydrogens is 197 g/mol. The number of aromatic carboxylic acids is 1. The standard InChI is InChI=1S/C8H5NO2S.Na.H/c10-8(11)6-1-3-7(4-2-6)9-5-12;;/h1-4H,(H,10,11);;/q;+1;-1. The Morgan fingerprint density at radius 2 is 2.00 bits per heavy atom. The minimum atomic E-state index is -0.951. The number of hydrogen-bond acceptors (Lipinski definition) is 3. The van der Waals surface area contributed by atoms with Gasteiger partial charge in [0.25, 0.3) is 0 Å². The van der Waals surface area contributed by atoms with Crippen molar-refractivity contribution in [3.05, 3.63) is 29.8 Å². The first-order valence-corrected chi connectivity index (χ1v) is 3.56. The van der Waals surface area contributed by atoms with Gasteiger partial charge in [0.15, 0.2) is 0 Å². The Hall–Kier alpha value is -0.510. The molecule has 62 valence electrons. The van der Waals surface area contributed by atoms with Gasteiger partial charge in [-0.25, -0.2) is 4.79 Å². The molecular formula is C8H6NNaO2S. The summed E-state index contributed by atoms with van der Waals surface area (Å²) >= 11 is 4.39. The van der Waals surface area contributed by atoms with Gasteiger partial charge in [0, 0.05) is 0 Å². The smallest absolute Gasteiger partial charge is 1.00 e. The summed E-state index contributed by atoms with van der Waals surface area (Å²) in [5.74, 6) is -0.951. The zero-order chi connectivity index (χ0) is 8.97. The molecule has 1 aromatic carbocycles. The molecule has 0 atom stereocenters. The largest absolute Gasteiger partial charge is 1.00 e. The van der Waals surface area contributed by atoms with Crippen molar-refractivity contribution in [3.8, 4) is 0 Å². The van der Waals surface area contributed by atoms with Crippen LogP contribution in [0.15, 0.2) is 29.3 Å². The van der Waals surface area contributed by atoms with E-state index in [2.05, 4.69) is 22.4 Å². The fourth-order valence-corrected chi connectivity index (χ4v) is 0.837. The van der Waals surface area contributed by atoms with E-state index >= 15 is 0 Å². The van der Waals surface area contributed by atoms with Crippen LogP contribution >= 0.6 is 12.2 Å². The predicted octanol–water partition coefficient (Wildman–Crippen LogP) is -0.764. The summed E-state index contributed by atoms with van der Waals surface area (Å²) in [6.07, 6.45) is 0. The van der Waals surface area contributed by atoms with Gasteiger partial charge in [0.2, 0.25) is 0 Å². The molecule has 0 bridgehead atoms. The van der Waals surface area contributed by atoms with Crippen LogP contribution in [0.1, 0.15) is 11.8 Å². The number of aliphatic imine (C=N–C) groups is 1. The molecule has 0 aromatic heterocycles. The van der Waals surface area contributed by atoms with Crippen LogP contribution in [0.5, 0.6) is 0 Å². The van der Waals surface area contributed by atoms with E-state index in [9.17, 15) is 4.79 Å².